The van der Waals surface area contributed by atoms with Crippen LogP contribution in [0.2, 0.25) is 0 Å². The molecule has 1 aliphatic rings. The fourth-order valence-corrected chi connectivity index (χ4v) is 2.57. The average Bonchev–Trinajstić information content (AvgIpc) is 2.55. The van der Waals surface area contributed by atoms with Gasteiger partial charge in [-0.3, -0.25) is 4.79 Å². The molecule has 1 atom stereocenters. The van der Waals surface area contributed by atoms with Gasteiger partial charge in [-0.15, -0.1) is 0 Å². The minimum atomic E-state index is -0.377. The van der Waals surface area contributed by atoms with Crippen molar-refractivity contribution in [1.29, 1.82) is 0 Å². The number of hydrogen-bond acceptors (Lipinski definition) is 2. The van der Waals surface area contributed by atoms with E-state index in [0.717, 1.165) is 12.8 Å². The molecule has 1 saturated carbocycles. The Labute approximate surface area is 105 Å². The van der Waals surface area contributed by atoms with E-state index in [1.807, 2.05) is 6.92 Å². The first-order chi connectivity index (χ1) is 8.22. The van der Waals surface area contributed by atoms with E-state index >= 15 is 0 Å². The molecule has 0 aliphatic heterocycles. The summed E-state index contributed by atoms with van der Waals surface area (Å²) in [5.74, 6) is 0.688. The molecule has 0 radical (unpaired) electrons. The van der Waals surface area contributed by atoms with Gasteiger partial charge < -0.3 is 10.4 Å². The van der Waals surface area contributed by atoms with Crippen LogP contribution in [0, 0.1) is 5.92 Å². The molecule has 1 rings (SSSR count). The van der Waals surface area contributed by atoms with Gasteiger partial charge in [-0.05, 0) is 25.2 Å². The number of rotatable bonds is 6. The number of aliphatic hydroxyl groups is 1. The zero-order valence-electron chi connectivity index (χ0n) is 11.1. The minimum Gasteiger partial charge on any atom is -0.391 e. The topological polar surface area (TPSA) is 49.3 Å². The Morgan fingerprint density at radius 3 is 2.53 bits per heavy atom. The van der Waals surface area contributed by atoms with E-state index in [2.05, 4.69) is 5.32 Å². The fourth-order valence-electron chi connectivity index (χ4n) is 2.57. The molecule has 0 aromatic heterocycles. The highest BCUT2D eigenvalue weighted by Gasteiger charge is 2.16. The lowest BCUT2D eigenvalue weighted by Crippen LogP contribution is -2.33. The molecule has 3 nitrogen and oxygen atoms in total. The summed E-state index contributed by atoms with van der Waals surface area (Å²) in [6.45, 7) is 2.45. The van der Waals surface area contributed by atoms with Crippen LogP contribution in [-0.2, 0) is 4.79 Å². The van der Waals surface area contributed by atoms with Gasteiger partial charge in [0.15, 0.2) is 0 Å². The average molecular weight is 241 g/mol. The van der Waals surface area contributed by atoms with Gasteiger partial charge >= 0.3 is 0 Å². The maximum absolute atomic E-state index is 11.7. The third kappa shape index (κ3) is 6.67. The van der Waals surface area contributed by atoms with Crippen molar-refractivity contribution < 1.29 is 9.90 Å². The van der Waals surface area contributed by atoms with Crippen molar-refractivity contribution in [2.45, 2.75) is 70.8 Å². The number of carbonyl (C=O) groups is 1. The molecule has 3 heteroatoms. The van der Waals surface area contributed by atoms with Crippen molar-refractivity contribution in [3.8, 4) is 0 Å². The molecule has 1 fully saturated rings. The number of nitrogens with one attached hydrogen (secondary N) is 1. The van der Waals surface area contributed by atoms with Crippen molar-refractivity contribution >= 4 is 5.91 Å². The lowest BCUT2D eigenvalue weighted by molar-refractivity contribution is -0.122. The van der Waals surface area contributed by atoms with E-state index in [1.54, 1.807) is 0 Å². The van der Waals surface area contributed by atoms with Crippen molar-refractivity contribution in [2.24, 2.45) is 5.92 Å². The minimum absolute atomic E-state index is 0.118. The maximum atomic E-state index is 11.7. The number of hydrogen-bond donors (Lipinski definition) is 2. The van der Waals surface area contributed by atoms with Crippen LogP contribution in [0.1, 0.15) is 64.7 Å². The predicted octanol–water partition coefficient (Wildman–Crippen LogP) is 2.62. The van der Waals surface area contributed by atoms with Crippen LogP contribution in [0.3, 0.4) is 0 Å². The second kappa shape index (κ2) is 8.51. The van der Waals surface area contributed by atoms with Gasteiger partial charge in [0, 0.05) is 13.0 Å². The van der Waals surface area contributed by atoms with Crippen LogP contribution < -0.4 is 5.32 Å². The van der Waals surface area contributed by atoms with E-state index in [1.165, 1.54) is 38.5 Å². The SMILES string of the molecule is CCCC(O)CNC(=O)CC1CCCCCC1. The summed E-state index contributed by atoms with van der Waals surface area (Å²) in [6.07, 6.45) is 9.60. The summed E-state index contributed by atoms with van der Waals surface area (Å²) >= 11 is 0. The van der Waals surface area contributed by atoms with Gasteiger partial charge in [-0.2, -0.15) is 0 Å². The molecule has 0 heterocycles. The quantitative estimate of drug-likeness (QED) is 0.702. The zero-order chi connectivity index (χ0) is 12.5. The molecule has 0 aromatic rings. The van der Waals surface area contributed by atoms with Gasteiger partial charge in [-0.1, -0.05) is 39.0 Å². The van der Waals surface area contributed by atoms with E-state index in [-0.39, 0.29) is 12.0 Å². The predicted molar refractivity (Wildman–Crippen MR) is 69.7 cm³/mol. The molecule has 17 heavy (non-hydrogen) atoms. The van der Waals surface area contributed by atoms with Crippen molar-refractivity contribution in [2.75, 3.05) is 6.54 Å². The first-order valence-corrected chi connectivity index (χ1v) is 7.17. The van der Waals surface area contributed by atoms with E-state index < -0.39 is 0 Å². The molecular weight excluding hydrogens is 214 g/mol. The highest BCUT2D eigenvalue weighted by molar-refractivity contribution is 5.76. The van der Waals surface area contributed by atoms with Gasteiger partial charge in [0.05, 0.1) is 6.10 Å². The lowest BCUT2D eigenvalue weighted by Gasteiger charge is -2.15. The molecule has 0 spiro atoms. The summed E-state index contributed by atoms with van der Waals surface area (Å²) in [7, 11) is 0. The number of carbonyl (C=O) groups excluding carboxylic acids is 1. The maximum Gasteiger partial charge on any atom is 0.220 e. The van der Waals surface area contributed by atoms with Gasteiger partial charge in [-0.25, -0.2) is 0 Å². The summed E-state index contributed by atoms with van der Waals surface area (Å²) in [5.41, 5.74) is 0. The van der Waals surface area contributed by atoms with Crippen molar-refractivity contribution in [3.63, 3.8) is 0 Å². The first-order valence-electron chi connectivity index (χ1n) is 7.17. The summed E-state index contributed by atoms with van der Waals surface area (Å²) in [6, 6.07) is 0. The van der Waals surface area contributed by atoms with Crippen LogP contribution >= 0.6 is 0 Å². The highest BCUT2D eigenvalue weighted by atomic mass is 16.3. The third-order valence-corrected chi connectivity index (χ3v) is 3.61. The standard InChI is InChI=1S/C14H27NO2/c1-2-7-13(16)11-15-14(17)10-12-8-5-3-4-6-9-12/h12-13,16H,2-11H2,1H3,(H,15,17). The largest absolute Gasteiger partial charge is 0.391 e. The smallest absolute Gasteiger partial charge is 0.220 e. The fraction of sp³-hybridized carbons (Fsp3) is 0.929. The highest BCUT2D eigenvalue weighted by Crippen LogP contribution is 2.25. The van der Waals surface area contributed by atoms with E-state index in [0.29, 0.717) is 18.9 Å². The summed E-state index contributed by atoms with van der Waals surface area (Å²) < 4.78 is 0. The molecule has 1 aliphatic carbocycles. The van der Waals surface area contributed by atoms with Crippen LogP contribution in [-0.4, -0.2) is 23.7 Å². The molecule has 1 unspecified atom stereocenters. The molecular formula is C14H27NO2. The monoisotopic (exact) mass is 241 g/mol. The van der Waals surface area contributed by atoms with Crippen LogP contribution in [0.4, 0.5) is 0 Å². The lowest BCUT2D eigenvalue weighted by atomic mass is 9.96. The molecule has 100 valence electrons. The summed E-state index contributed by atoms with van der Waals surface area (Å²) in [5, 5.41) is 12.4. The Balaban J connectivity index is 2.14. The Hall–Kier alpha value is -0.570. The second-order valence-electron chi connectivity index (χ2n) is 5.31. The zero-order valence-corrected chi connectivity index (χ0v) is 11.1. The molecule has 0 aromatic carbocycles. The third-order valence-electron chi connectivity index (χ3n) is 3.61. The van der Waals surface area contributed by atoms with Crippen LogP contribution in [0.25, 0.3) is 0 Å². The van der Waals surface area contributed by atoms with E-state index in [9.17, 15) is 9.90 Å². The van der Waals surface area contributed by atoms with Gasteiger partial charge in [0.2, 0.25) is 5.91 Å². The van der Waals surface area contributed by atoms with Crippen LogP contribution in [0.15, 0.2) is 0 Å². The number of amides is 1. The Morgan fingerprint density at radius 2 is 1.94 bits per heavy atom. The Morgan fingerprint density at radius 1 is 1.29 bits per heavy atom. The van der Waals surface area contributed by atoms with Gasteiger partial charge in [0.1, 0.15) is 0 Å². The first kappa shape index (κ1) is 14.5. The molecule has 0 bridgehead atoms. The Bertz CT molecular complexity index is 210. The normalized spacial score (nSPS) is 19.6. The summed E-state index contributed by atoms with van der Waals surface area (Å²) in [4.78, 5) is 11.7. The second-order valence-corrected chi connectivity index (χ2v) is 5.31. The number of aliphatic hydroxyl groups excluding tert-OH is 1. The van der Waals surface area contributed by atoms with E-state index in [4.69, 9.17) is 0 Å². The van der Waals surface area contributed by atoms with Crippen LogP contribution in [0.5, 0.6) is 0 Å². The molecule has 1 amide bonds. The van der Waals surface area contributed by atoms with Crippen molar-refractivity contribution in [3.05, 3.63) is 0 Å². The van der Waals surface area contributed by atoms with Gasteiger partial charge in [0.25, 0.3) is 0 Å². The Kier molecular flexibility index (Phi) is 7.25. The van der Waals surface area contributed by atoms with Crippen molar-refractivity contribution in [1.82, 2.24) is 5.32 Å². The molecule has 2 N–H and O–H groups in total. The molecule has 0 saturated heterocycles.